The molecule has 9 nitrogen and oxygen atoms in total. The van der Waals surface area contributed by atoms with Gasteiger partial charge in [0.15, 0.2) is 0 Å². The molecular weight excluding hydrogens is 346 g/mol. The molecule has 3 rings (SSSR count). The molecular formula is C18H15N7O2. The SMILES string of the molecule is COc1ccccc1NC(=O)c1ccccc1NC=C(C#N)c1nn[nH]n1. The van der Waals surface area contributed by atoms with E-state index in [1.165, 1.54) is 13.3 Å². The molecule has 0 saturated carbocycles. The van der Waals surface area contributed by atoms with Crippen molar-refractivity contribution in [2.24, 2.45) is 0 Å². The van der Waals surface area contributed by atoms with Crippen molar-refractivity contribution >= 4 is 22.9 Å². The van der Waals surface area contributed by atoms with Crippen LogP contribution in [0.5, 0.6) is 5.75 Å². The van der Waals surface area contributed by atoms with Crippen LogP contribution in [-0.2, 0) is 0 Å². The van der Waals surface area contributed by atoms with Crippen molar-refractivity contribution in [1.82, 2.24) is 20.6 Å². The van der Waals surface area contributed by atoms with Gasteiger partial charge in [0, 0.05) is 6.20 Å². The van der Waals surface area contributed by atoms with Gasteiger partial charge >= 0.3 is 0 Å². The summed E-state index contributed by atoms with van der Waals surface area (Å²) in [5.41, 5.74) is 1.63. The Morgan fingerprint density at radius 1 is 1.19 bits per heavy atom. The molecule has 0 radical (unpaired) electrons. The maximum Gasteiger partial charge on any atom is 0.257 e. The minimum atomic E-state index is -0.325. The third-order valence-corrected chi connectivity index (χ3v) is 3.61. The largest absolute Gasteiger partial charge is 0.495 e. The summed E-state index contributed by atoms with van der Waals surface area (Å²) < 4.78 is 5.25. The van der Waals surface area contributed by atoms with E-state index in [4.69, 9.17) is 4.74 Å². The van der Waals surface area contributed by atoms with Crippen LogP contribution in [0.2, 0.25) is 0 Å². The molecule has 3 aromatic rings. The summed E-state index contributed by atoms with van der Waals surface area (Å²) in [6.07, 6.45) is 1.42. The Morgan fingerprint density at radius 3 is 2.63 bits per heavy atom. The summed E-state index contributed by atoms with van der Waals surface area (Å²) in [5, 5.41) is 28.2. The van der Waals surface area contributed by atoms with E-state index in [1.807, 2.05) is 12.1 Å². The number of ether oxygens (including phenoxy) is 1. The van der Waals surface area contributed by atoms with Crippen LogP contribution >= 0.6 is 0 Å². The highest BCUT2D eigenvalue weighted by molar-refractivity contribution is 6.08. The zero-order chi connectivity index (χ0) is 19.1. The number of nitriles is 1. The van der Waals surface area contributed by atoms with E-state index in [2.05, 4.69) is 31.3 Å². The van der Waals surface area contributed by atoms with E-state index in [9.17, 15) is 10.1 Å². The molecule has 1 amide bonds. The first-order valence-corrected chi connectivity index (χ1v) is 7.87. The number of nitrogens with zero attached hydrogens (tertiary/aromatic N) is 4. The molecule has 0 atom stereocenters. The first-order chi connectivity index (χ1) is 13.2. The Kier molecular flexibility index (Phi) is 5.39. The molecule has 0 saturated heterocycles. The molecule has 1 aromatic heterocycles. The number of tetrazole rings is 1. The molecule has 0 aliphatic rings. The highest BCUT2D eigenvalue weighted by Crippen LogP contribution is 2.25. The zero-order valence-corrected chi connectivity index (χ0v) is 14.3. The van der Waals surface area contributed by atoms with Crippen molar-refractivity contribution < 1.29 is 9.53 Å². The average molecular weight is 361 g/mol. The lowest BCUT2D eigenvalue weighted by Crippen LogP contribution is -2.14. The number of rotatable bonds is 6. The summed E-state index contributed by atoms with van der Waals surface area (Å²) in [5.74, 6) is 0.384. The molecule has 27 heavy (non-hydrogen) atoms. The number of hydrogen-bond acceptors (Lipinski definition) is 7. The van der Waals surface area contributed by atoms with Crippen molar-refractivity contribution in [3.05, 3.63) is 66.1 Å². The summed E-state index contributed by atoms with van der Waals surface area (Å²) in [4.78, 5) is 12.7. The topological polar surface area (TPSA) is 129 Å². The number of aromatic nitrogens is 4. The van der Waals surface area contributed by atoms with Gasteiger partial charge < -0.3 is 15.4 Å². The van der Waals surface area contributed by atoms with Gasteiger partial charge in [-0.3, -0.25) is 4.79 Å². The highest BCUT2D eigenvalue weighted by atomic mass is 16.5. The first-order valence-electron chi connectivity index (χ1n) is 7.87. The molecule has 3 N–H and O–H groups in total. The van der Waals surface area contributed by atoms with Gasteiger partial charge in [0.2, 0.25) is 5.82 Å². The van der Waals surface area contributed by atoms with E-state index >= 15 is 0 Å². The molecule has 0 unspecified atom stereocenters. The van der Waals surface area contributed by atoms with Crippen molar-refractivity contribution in [2.75, 3.05) is 17.7 Å². The normalized spacial score (nSPS) is 10.7. The monoisotopic (exact) mass is 361 g/mol. The number of carbonyl (C=O) groups excluding carboxylic acids is 1. The van der Waals surface area contributed by atoms with Crippen LogP contribution in [0.4, 0.5) is 11.4 Å². The van der Waals surface area contributed by atoms with E-state index in [0.717, 1.165) is 0 Å². The number of H-pyrrole nitrogens is 1. The van der Waals surface area contributed by atoms with Gasteiger partial charge in [0.05, 0.1) is 24.0 Å². The number of methoxy groups -OCH3 is 1. The molecule has 0 fully saturated rings. The molecule has 0 aliphatic carbocycles. The number of amides is 1. The van der Waals surface area contributed by atoms with Gasteiger partial charge in [-0.15, -0.1) is 10.2 Å². The third-order valence-electron chi connectivity index (χ3n) is 3.61. The second-order valence-electron chi connectivity index (χ2n) is 5.25. The van der Waals surface area contributed by atoms with Gasteiger partial charge in [0.1, 0.15) is 17.4 Å². The smallest absolute Gasteiger partial charge is 0.257 e. The Bertz CT molecular complexity index is 1010. The maximum absolute atomic E-state index is 12.7. The number of nitrogens with one attached hydrogen (secondary N) is 3. The molecule has 9 heteroatoms. The fourth-order valence-corrected chi connectivity index (χ4v) is 2.32. The van der Waals surface area contributed by atoms with Gasteiger partial charge in [-0.25, -0.2) is 0 Å². The quantitative estimate of drug-likeness (QED) is 0.575. The van der Waals surface area contributed by atoms with Crippen LogP contribution in [0.3, 0.4) is 0 Å². The van der Waals surface area contributed by atoms with Crippen molar-refractivity contribution in [1.29, 1.82) is 5.26 Å². The number of aromatic amines is 1. The number of anilines is 2. The molecule has 0 spiro atoms. The Balaban J connectivity index is 1.83. The third kappa shape index (κ3) is 4.08. The van der Waals surface area contributed by atoms with Crippen LogP contribution in [0.1, 0.15) is 16.2 Å². The number of benzene rings is 2. The summed E-state index contributed by atoms with van der Waals surface area (Å²) in [6, 6.07) is 16.0. The van der Waals surface area contributed by atoms with Crippen molar-refractivity contribution in [3.63, 3.8) is 0 Å². The van der Waals surface area contributed by atoms with E-state index in [0.29, 0.717) is 22.7 Å². The second kappa shape index (κ2) is 8.26. The standard InChI is InChI=1S/C18H15N7O2/c1-27-16-9-5-4-8-15(16)21-18(26)13-6-2-3-7-14(13)20-11-12(10-19)17-22-24-25-23-17/h2-9,11,20H,1H3,(H,21,26)(H,22,23,24,25). The second-order valence-corrected chi connectivity index (χ2v) is 5.25. The fraction of sp³-hybridized carbons (Fsp3) is 0.0556. The minimum Gasteiger partial charge on any atom is -0.495 e. The molecule has 0 aliphatic heterocycles. The molecule has 1 heterocycles. The van der Waals surface area contributed by atoms with Crippen LogP contribution in [0.25, 0.3) is 5.57 Å². The lowest BCUT2D eigenvalue weighted by Gasteiger charge is -2.12. The van der Waals surface area contributed by atoms with Crippen LogP contribution < -0.4 is 15.4 Å². The summed E-state index contributed by atoms with van der Waals surface area (Å²) >= 11 is 0. The first kappa shape index (κ1) is 17.6. The number of para-hydroxylation sites is 3. The van der Waals surface area contributed by atoms with E-state index in [-0.39, 0.29) is 17.3 Å². The Labute approximate surface area is 154 Å². The van der Waals surface area contributed by atoms with Gasteiger partial charge in [-0.1, -0.05) is 24.3 Å². The van der Waals surface area contributed by atoms with Crippen LogP contribution in [0.15, 0.2) is 54.7 Å². The summed E-state index contributed by atoms with van der Waals surface area (Å²) in [7, 11) is 1.53. The Hall–Kier alpha value is -4.19. The zero-order valence-electron chi connectivity index (χ0n) is 14.3. The lowest BCUT2D eigenvalue weighted by molar-refractivity contribution is 0.102. The van der Waals surface area contributed by atoms with Crippen molar-refractivity contribution in [2.45, 2.75) is 0 Å². The van der Waals surface area contributed by atoms with E-state index in [1.54, 1.807) is 42.5 Å². The van der Waals surface area contributed by atoms with E-state index < -0.39 is 0 Å². The summed E-state index contributed by atoms with van der Waals surface area (Å²) in [6.45, 7) is 0. The average Bonchev–Trinajstić information content (AvgIpc) is 3.24. The fourth-order valence-electron chi connectivity index (χ4n) is 2.32. The van der Waals surface area contributed by atoms with Gasteiger partial charge in [-0.05, 0) is 29.5 Å². The highest BCUT2D eigenvalue weighted by Gasteiger charge is 2.13. The Morgan fingerprint density at radius 2 is 1.93 bits per heavy atom. The minimum absolute atomic E-state index is 0.154. The molecule has 0 bridgehead atoms. The van der Waals surface area contributed by atoms with Crippen molar-refractivity contribution in [3.8, 4) is 11.8 Å². The number of carbonyl (C=O) groups is 1. The predicted octanol–water partition coefficient (Wildman–Crippen LogP) is 2.44. The predicted molar refractivity (Wildman–Crippen MR) is 98.8 cm³/mol. The number of hydrogen-bond donors (Lipinski definition) is 3. The van der Waals surface area contributed by atoms with Gasteiger partial charge in [0.25, 0.3) is 5.91 Å². The van der Waals surface area contributed by atoms with Crippen LogP contribution in [0, 0.1) is 11.3 Å². The van der Waals surface area contributed by atoms with Gasteiger partial charge in [-0.2, -0.15) is 10.5 Å². The molecule has 134 valence electrons. The van der Waals surface area contributed by atoms with Crippen LogP contribution in [-0.4, -0.2) is 33.6 Å². The molecule has 2 aromatic carbocycles. The maximum atomic E-state index is 12.7. The lowest BCUT2D eigenvalue weighted by atomic mass is 10.1. The number of allylic oxidation sites excluding steroid dienone is 1.